The summed E-state index contributed by atoms with van der Waals surface area (Å²) in [6, 6.07) is 0. The van der Waals surface area contributed by atoms with E-state index < -0.39 is 5.41 Å². The van der Waals surface area contributed by atoms with Crippen LogP contribution in [0.5, 0.6) is 0 Å². The Bertz CT molecular complexity index is 980. The standard InChI is InChI=1S/C32H50O5/c1-21(26(34)36-7)22-12-14-31(6)25(29(22,4)13-9-19-33)11-10-23-24-20-28(2,3)15-17-32(24,27(35)37-8)18-16-30(23,31)5/h10,22,24-25,33H,1,9,11-20H2,2-8H3. The molecule has 4 aliphatic rings. The summed E-state index contributed by atoms with van der Waals surface area (Å²) in [4.78, 5) is 26.0. The number of carbonyl (C=O) groups is 2. The zero-order chi connectivity index (χ0) is 27.4. The number of aliphatic hydroxyl groups excluding tert-OH is 1. The maximum absolute atomic E-state index is 13.4. The molecule has 0 aliphatic heterocycles. The highest BCUT2D eigenvalue weighted by atomic mass is 16.5. The van der Waals surface area contributed by atoms with Crippen molar-refractivity contribution < 1.29 is 24.2 Å². The van der Waals surface area contributed by atoms with E-state index in [2.05, 4.69) is 47.3 Å². The molecule has 4 rings (SSSR count). The van der Waals surface area contributed by atoms with Gasteiger partial charge in [-0.2, -0.15) is 0 Å². The third kappa shape index (κ3) is 4.05. The van der Waals surface area contributed by atoms with Gasteiger partial charge in [0.15, 0.2) is 0 Å². The molecule has 1 N–H and O–H groups in total. The Hall–Kier alpha value is -1.62. The molecule has 37 heavy (non-hydrogen) atoms. The predicted molar refractivity (Wildman–Crippen MR) is 146 cm³/mol. The number of fused-ring (bicyclic) bond motifs is 5. The lowest BCUT2D eigenvalue weighted by molar-refractivity contribution is -0.175. The van der Waals surface area contributed by atoms with E-state index in [1.165, 1.54) is 12.7 Å². The van der Waals surface area contributed by atoms with Gasteiger partial charge in [0.1, 0.15) is 0 Å². The van der Waals surface area contributed by atoms with Crippen molar-refractivity contribution in [3.05, 3.63) is 23.8 Å². The summed E-state index contributed by atoms with van der Waals surface area (Å²) in [5.74, 6) is 0.269. The summed E-state index contributed by atoms with van der Waals surface area (Å²) in [5, 5.41) is 9.80. The maximum Gasteiger partial charge on any atom is 0.333 e. The van der Waals surface area contributed by atoms with Gasteiger partial charge in [0, 0.05) is 12.2 Å². The van der Waals surface area contributed by atoms with E-state index in [0.29, 0.717) is 17.9 Å². The number of rotatable bonds is 6. The second-order valence-corrected chi connectivity index (χ2v) is 14.2. The molecular formula is C32H50O5. The lowest BCUT2D eigenvalue weighted by atomic mass is 9.35. The third-order valence-corrected chi connectivity index (χ3v) is 12.2. The van der Waals surface area contributed by atoms with Crippen LogP contribution in [-0.2, 0) is 19.1 Å². The minimum Gasteiger partial charge on any atom is -0.469 e. The zero-order valence-corrected chi connectivity index (χ0v) is 24.4. The number of aliphatic hydroxyl groups is 1. The number of esters is 2. The molecule has 0 aromatic carbocycles. The Kier molecular flexibility index (Phi) is 7.32. The van der Waals surface area contributed by atoms with E-state index in [1.54, 1.807) is 7.11 Å². The summed E-state index contributed by atoms with van der Waals surface area (Å²) in [7, 11) is 2.99. The van der Waals surface area contributed by atoms with Gasteiger partial charge in [0.05, 0.1) is 19.6 Å². The van der Waals surface area contributed by atoms with Crippen LogP contribution in [0.15, 0.2) is 23.8 Å². The van der Waals surface area contributed by atoms with Crippen LogP contribution >= 0.6 is 0 Å². The van der Waals surface area contributed by atoms with Gasteiger partial charge in [-0.15, -0.1) is 0 Å². The van der Waals surface area contributed by atoms with Crippen molar-refractivity contribution in [3.8, 4) is 0 Å². The van der Waals surface area contributed by atoms with E-state index in [0.717, 1.165) is 57.8 Å². The summed E-state index contributed by atoms with van der Waals surface area (Å²) in [5.41, 5.74) is 1.69. The summed E-state index contributed by atoms with van der Waals surface area (Å²) in [6.45, 7) is 16.3. The van der Waals surface area contributed by atoms with Crippen molar-refractivity contribution in [3.63, 3.8) is 0 Å². The first-order valence-electron chi connectivity index (χ1n) is 14.4. The molecule has 0 aromatic heterocycles. The Labute approximate surface area is 224 Å². The predicted octanol–water partition coefficient (Wildman–Crippen LogP) is 6.64. The van der Waals surface area contributed by atoms with Crippen molar-refractivity contribution in [2.45, 2.75) is 98.8 Å². The molecule has 5 nitrogen and oxygen atoms in total. The number of methoxy groups -OCH3 is 2. The highest BCUT2D eigenvalue weighted by molar-refractivity contribution is 5.88. The van der Waals surface area contributed by atoms with E-state index in [4.69, 9.17) is 9.47 Å². The van der Waals surface area contributed by atoms with Gasteiger partial charge in [-0.05, 0) is 104 Å². The molecule has 7 atom stereocenters. The Morgan fingerprint density at radius 2 is 1.70 bits per heavy atom. The molecule has 208 valence electrons. The second kappa shape index (κ2) is 9.54. The van der Waals surface area contributed by atoms with E-state index in [1.807, 2.05) is 0 Å². The van der Waals surface area contributed by atoms with Crippen molar-refractivity contribution in [2.24, 2.45) is 44.8 Å². The highest BCUT2D eigenvalue weighted by Crippen LogP contribution is 2.74. The first-order chi connectivity index (χ1) is 17.3. The molecule has 5 heteroatoms. The molecule has 0 saturated heterocycles. The summed E-state index contributed by atoms with van der Waals surface area (Å²) in [6.07, 6.45) is 11.7. The number of ether oxygens (including phenoxy) is 2. The minimum absolute atomic E-state index is 0.0194. The van der Waals surface area contributed by atoms with Crippen LogP contribution < -0.4 is 0 Å². The van der Waals surface area contributed by atoms with Gasteiger partial charge < -0.3 is 14.6 Å². The normalized spacial score (nSPS) is 42.4. The van der Waals surface area contributed by atoms with Crippen LogP contribution in [0, 0.1) is 44.8 Å². The molecule has 0 heterocycles. The molecule has 0 bridgehead atoms. The van der Waals surface area contributed by atoms with Crippen LogP contribution in [0.3, 0.4) is 0 Å². The Morgan fingerprint density at radius 1 is 1.03 bits per heavy atom. The average Bonchev–Trinajstić information content (AvgIpc) is 2.86. The second-order valence-electron chi connectivity index (χ2n) is 14.2. The monoisotopic (exact) mass is 514 g/mol. The largest absolute Gasteiger partial charge is 0.469 e. The molecule has 4 aliphatic carbocycles. The van der Waals surface area contributed by atoms with Gasteiger partial charge in [-0.25, -0.2) is 4.79 Å². The molecule has 7 unspecified atom stereocenters. The molecule has 0 spiro atoms. The lowest BCUT2D eigenvalue weighted by Gasteiger charge is -2.69. The third-order valence-electron chi connectivity index (χ3n) is 12.2. The van der Waals surface area contributed by atoms with E-state index in [-0.39, 0.29) is 52.0 Å². The van der Waals surface area contributed by atoms with Crippen molar-refractivity contribution in [1.29, 1.82) is 0 Å². The number of hydrogen-bond acceptors (Lipinski definition) is 5. The fraction of sp³-hybridized carbons (Fsp3) is 0.812. The van der Waals surface area contributed by atoms with E-state index in [9.17, 15) is 14.7 Å². The van der Waals surface area contributed by atoms with Crippen molar-refractivity contribution >= 4 is 11.9 Å². The smallest absolute Gasteiger partial charge is 0.333 e. The Balaban J connectivity index is 1.81. The van der Waals surface area contributed by atoms with Gasteiger partial charge >= 0.3 is 11.9 Å². The molecule has 0 aromatic rings. The Morgan fingerprint density at radius 3 is 2.32 bits per heavy atom. The van der Waals surface area contributed by atoms with Crippen LogP contribution in [0.1, 0.15) is 98.8 Å². The van der Waals surface area contributed by atoms with Crippen LogP contribution in [-0.4, -0.2) is 37.9 Å². The molecule has 0 amide bonds. The van der Waals surface area contributed by atoms with E-state index >= 15 is 0 Å². The first kappa shape index (κ1) is 28.4. The van der Waals surface area contributed by atoms with Crippen LogP contribution in [0.4, 0.5) is 0 Å². The summed E-state index contributed by atoms with van der Waals surface area (Å²) < 4.78 is 10.6. The SMILES string of the molecule is C=C(C(=O)OC)C1CCC2(C)C(CC=C3C4CC(C)(C)CCC4(C(=O)OC)CCC32C)C1(C)CCCO. The molecular weight excluding hydrogens is 464 g/mol. The van der Waals surface area contributed by atoms with Gasteiger partial charge in [0.2, 0.25) is 0 Å². The van der Waals surface area contributed by atoms with Crippen molar-refractivity contribution in [2.75, 3.05) is 20.8 Å². The maximum atomic E-state index is 13.4. The number of hydrogen-bond donors (Lipinski definition) is 1. The van der Waals surface area contributed by atoms with Crippen LogP contribution in [0.2, 0.25) is 0 Å². The molecule has 3 saturated carbocycles. The topological polar surface area (TPSA) is 72.8 Å². The quantitative estimate of drug-likeness (QED) is 0.244. The fourth-order valence-corrected chi connectivity index (χ4v) is 9.83. The number of allylic oxidation sites excluding steroid dienone is 2. The minimum atomic E-state index is -0.407. The average molecular weight is 515 g/mol. The fourth-order valence-electron chi connectivity index (χ4n) is 9.83. The number of carbonyl (C=O) groups excluding carboxylic acids is 2. The zero-order valence-electron chi connectivity index (χ0n) is 24.4. The van der Waals surface area contributed by atoms with Gasteiger partial charge in [0.25, 0.3) is 0 Å². The lowest BCUT2D eigenvalue weighted by Crippen LogP contribution is -2.62. The van der Waals surface area contributed by atoms with Crippen LogP contribution in [0.25, 0.3) is 0 Å². The van der Waals surface area contributed by atoms with Crippen molar-refractivity contribution in [1.82, 2.24) is 0 Å². The van der Waals surface area contributed by atoms with Gasteiger partial charge in [-0.3, -0.25) is 4.79 Å². The molecule has 0 radical (unpaired) electrons. The highest BCUT2D eigenvalue weighted by Gasteiger charge is 2.67. The first-order valence-corrected chi connectivity index (χ1v) is 14.4. The molecule has 3 fully saturated rings. The summed E-state index contributed by atoms with van der Waals surface area (Å²) >= 11 is 0. The van der Waals surface area contributed by atoms with Gasteiger partial charge in [-0.1, -0.05) is 52.8 Å².